The van der Waals surface area contributed by atoms with E-state index in [2.05, 4.69) is 57.9 Å². The first-order valence-corrected chi connectivity index (χ1v) is 21.6. The van der Waals surface area contributed by atoms with Crippen molar-refractivity contribution in [3.8, 4) is 11.8 Å². The van der Waals surface area contributed by atoms with Crippen LogP contribution >= 0.6 is 0 Å². The maximum absolute atomic E-state index is 11.1. The van der Waals surface area contributed by atoms with E-state index in [1.165, 1.54) is 12.8 Å². The summed E-state index contributed by atoms with van der Waals surface area (Å²) in [5, 5.41) is 0.0814. The normalized spacial score (nSPS) is 28.7. The third-order valence-corrected chi connectivity index (χ3v) is 14.6. The highest BCUT2D eigenvalue weighted by atomic mass is 32.2. The molecule has 0 radical (unpaired) electrons. The predicted molar refractivity (Wildman–Crippen MR) is 177 cm³/mol. The lowest BCUT2D eigenvalue weighted by atomic mass is 9.88. The van der Waals surface area contributed by atoms with Crippen LogP contribution in [0.4, 0.5) is 0 Å². The average molecular weight is 657 g/mol. The molecule has 0 bridgehead atoms. The molecule has 0 spiro atoms. The summed E-state index contributed by atoms with van der Waals surface area (Å²) >= 11 is 0. The van der Waals surface area contributed by atoms with Crippen LogP contribution in [0.1, 0.15) is 111 Å². The number of ether oxygens (including phenoxy) is 4. The topological polar surface area (TPSA) is 101 Å². The van der Waals surface area contributed by atoms with Crippen LogP contribution in [0.15, 0.2) is 12.2 Å². The van der Waals surface area contributed by atoms with Gasteiger partial charge in [0.15, 0.2) is 20.9 Å². The van der Waals surface area contributed by atoms with Crippen LogP contribution in [0.3, 0.4) is 0 Å². The minimum Gasteiger partial charge on any atom is -0.414 e. The van der Waals surface area contributed by atoms with Crippen LogP contribution in [0.25, 0.3) is 0 Å². The Morgan fingerprint density at radius 2 is 1.61 bits per heavy atom. The quantitative estimate of drug-likeness (QED) is 0.0595. The van der Waals surface area contributed by atoms with E-state index in [1.54, 1.807) is 0 Å². The summed E-state index contributed by atoms with van der Waals surface area (Å²) in [4.78, 5) is 0. The zero-order valence-corrected chi connectivity index (χ0v) is 29.9. The van der Waals surface area contributed by atoms with Crippen molar-refractivity contribution in [2.75, 3.05) is 25.6 Å². The molecule has 2 saturated heterocycles. The molecule has 3 fully saturated rings. The van der Waals surface area contributed by atoms with E-state index in [0.717, 1.165) is 90.4 Å². The van der Waals surface area contributed by atoms with Gasteiger partial charge in [-0.3, -0.25) is 4.55 Å². The standard InChI is InChI=1S/C34H60O8SSi/c1-34(2,3)44(4,5)42-31-27-30(41-33-22-14-17-25-40-33)28(29(31)20-12-10-18-26-43(35,36)37)19-11-8-6-7-9-15-23-38-32-21-13-16-24-39-32/h11,19,28-33H,6-9,12-17,20-27H2,1-5H3,(H,35,36,37)/b19-11+/t28-,29-,30-,31+,32?,33?/m0/s1. The second kappa shape index (κ2) is 18.5. The van der Waals surface area contributed by atoms with Gasteiger partial charge < -0.3 is 23.4 Å². The third-order valence-electron chi connectivity index (χ3n) is 9.63. The molecule has 2 unspecified atom stereocenters. The van der Waals surface area contributed by atoms with E-state index in [-0.39, 0.29) is 41.7 Å². The minimum absolute atomic E-state index is 0.000878. The summed E-state index contributed by atoms with van der Waals surface area (Å²) in [6.45, 7) is 13.7. The monoisotopic (exact) mass is 656 g/mol. The Bertz CT molecular complexity index is 1020. The van der Waals surface area contributed by atoms with Crippen molar-refractivity contribution < 1.29 is 36.3 Å². The van der Waals surface area contributed by atoms with Gasteiger partial charge in [0, 0.05) is 32.2 Å². The van der Waals surface area contributed by atoms with Crippen LogP contribution < -0.4 is 0 Å². The highest BCUT2D eigenvalue weighted by molar-refractivity contribution is 7.86. The summed E-state index contributed by atoms with van der Waals surface area (Å²) in [6, 6.07) is 0. The van der Waals surface area contributed by atoms with Gasteiger partial charge in [0.05, 0.1) is 12.2 Å². The fourth-order valence-corrected chi connectivity index (χ4v) is 7.74. The van der Waals surface area contributed by atoms with E-state index in [9.17, 15) is 8.42 Å². The van der Waals surface area contributed by atoms with Gasteiger partial charge >= 0.3 is 0 Å². The number of unbranched alkanes of at least 4 members (excludes halogenated alkanes) is 4. The molecule has 8 nitrogen and oxygen atoms in total. The van der Waals surface area contributed by atoms with E-state index in [1.807, 2.05) is 0 Å². The lowest BCUT2D eigenvalue weighted by Crippen LogP contribution is -2.45. The van der Waals surface area contributed by atoms with Crippen molar-refractivity contribution in [3.05, 3.63) is 12.2 Å². The summed E-state index contributed by atoms with van der Waals surface area (Å²) in [6.07, 6.45) is 18.7. The maximum atomic E-state index is 11.1. The van der Waals surface area contributed by atoms with E-state index in [4.69, 9.17) is 27.9 Å². The number of rotatable bonds is 16. The maximum Gasteiger partial charge on any atom is 0.276 e. The van der Waals surface area contributed by atoms with Gasteiger partial charge in [-0.15, -0.1) is 5.92 Å². The van der Waals surface area contributed by atoms with E-state index in [0.29, 0.717) is 6.42 Å². The van der Waals surface area contributed by atoms with Crippen LogP contribution in [0, 0.1) is 23.7 Å². The van der Waals surface area contributed by atoms with Gasteiger partial charge in [0.2, 0.25) is 0 Å². The molecule has 3 aliphatic rings. The Labute approximate surface area is 269 Å². The van der Waals surface area contributed by atoms with Gasteiger partial charge in [-0.2, -0.15) is 8.42 Å². The van der Waals surface area contributed by atoms with Gasteiger partial charge in [0.1, 0.15) is 5.75 Å². The fraction of sp³-hybridized carbons (Fsp3) is 0.882. The van der Waals surface area contributed by atoms with Crippen molar-refractivity contribution in [2.45, 2.75) is 154 Å². The molecule has 6 atom stereocenters. The minimum atomic E-state index is -4.09. The molecule has 1 N–H and O–H groups in total. The van der Waals surface area contributed by atoms with Crippen molar-refractivity contribution in [1.82, 2.24) is 0 Å². The van der Waals surface area contributed by atoms with Gasteiger partial charge in [-0.25, -0.2) is 0 Å². The molecule has 1 aliphatic carbocycles. The Balaban J connectivity index is 1.62. The third kappa shape index (κ3) is 13.5. The van der Waals surface area contributed by atoms with Crippen LogP contribution in [-0.4, -0.2) is 71.6 Å². The molecular weight excluding hydrogens is 597 g/mol. The molecular formula is C34H60O8SSi. The number of hydrogen-bond acceptors (Lipinski definition) is 7. The number of hydrogen-bond donors (Lipinski definition) is 1. The first-order valence-electron chi connectivity index (χ1n) is 17.1. The molecule has 2 aliphatic heterocycles. The molecule has 0 aromatic rings. The summed E-state index contributed by atoms with van der Waals surface area (Å²) < 4.78 is 62.6. The highest BCUT2D eigenvalue weighted by Crippen LogP contribution is 2.46. The van der Waals surface area contributed by atoms with E-state index < -0.39 is 24.2 Å². The molecule has 0 aromatic heterocycles. The zero-order chi connectivity index (χ0) is 32.1. The fourth-order valence-electron chi connectivity index (χ4n) is 6.08. The predicted octanol–water partition coefficient (Wildman–Crippen LogP) is 7.65. The Hall–Kier alpha value is -0.773. The summed E-state index contributed by atoms with van der Waals surface area (Å²) in [5.74, 6) is 5.44. The van der Waals surface area contributed by atoms with Gasteiger partial charge in [0.25, 0.3) is 10.1 Å². The lowest BCUT2D eigenvalue weighted by molar-refractivity contribution is -0.193. The van der Waals surface area contributed by atoms with Crippen molar-refractivity contribution >= 4 is 18.4 Å². The van der Waals surface area contributed by atoms with Crippen LogP contribution in [-0.2, 0) is 33.5 Å². The molecule has 254 valence electrons. The van der Waals surface area contributed by atoms with Gasteiger partial charge in [-0.05, 0) is 94.7 Å². The van der Waals surface area contributed by atoms with Crippen molar-refractivity contribution in [2.24, 2.45) is 11.8 Å². The molecule has 3 rings (SSSR count). The Morgan fingerprint density at radius 3 is 2.25 bits per heavy atom. The van der Waals surface area contributed by atoms with Crippen molar-refractivity contribution in [1.29, 1.82) is 0 Å². The largest absolute Gasteiger partial charge is 0.414 e. The average Bonchev–Trinajstić information content (AvgIpc) is 3.26. The molecule has 2 heterocycles. The van der Waals surface area contributed by atoms with Crippen molar-refractivity contribution in [3.63, 3.8) is 0 Å². The first kappa shape index (κ1) is 37.7. The molecule has 10 heteroatoms. The lowest BCUT2D eigenvalue weighted by Gasteiger charge is -2.40. The first-order chi connectivity index (χ1) is 20.9. The molecule has 1 saturated carbocycles. The van der Waals surface area contributed by atoms with Gasteiger partial charge in [-0.1, -0.05) is 51.7 Å². The second-order valence-electron chi connectivity index (χ2n) is 14.3. The number of allylic oxidation sites excluding steroid dienone is 1. The SMILES string of the molecule is CC(C)(C)[Si](C)(C)O[C@@H]1C[C@H](OC2CCCCO2)[C@@H](/C=C/CCCCCCOC2CCCCO2)[C@@H]1CCC#CCS(=O)(=O)O. The Morgan fingerprint density at radius 1 is 0.932 bits per heavy atom. The van der Waals surface area contributed by atoms with Crippen LogP contribution in [0.5, 0.6) is 0 Å². The molecule has 44 heavy (non-hydrogen) atoms. The van der Waals surface area contributed by atoms with Crippen LogP contribution in [0.2, 0.25) is 18.1 Å². The highest BCUT2D eigenvalue weighted by Gasteiger charge is 2.48. The molecule has 0 aromatic carbocycles. The smallest absolute Gasteiger partial charge is 0.276 e. The summed E-state index contributed by atoms with van der Waals surface area (Å²) in [7, 11) is -6.14. The summed E-state index contributed by atoms with van der Waals surface area (Å²) in [5.41, 5.74) is 0. The second-order valence-corrected chi connectivity index (χ2v) is 20.5. The molecule has 0 amide bonds. The van der Waals surface area contributed by atoms with E-state index >= 15 is 0 Å². The zero-order valence-electron chi connectivity index (χ0n) is 28.1. The Kier molecular flexibility index (Phi) is 15.9.